The Labute approximate surface area is 100 Å². The minimum atomic E-state index is 0.501. The standard InChI is InChI=1S/C13H22BN2/c1-9(2)12(14-6)13(10(3)4)16-8-15-7-11(16)5/h7-10H,1-6H3/b13-12-. The highest BCUT2D eigenvalue weighted by Crippen LogP contribution is 2.26. The van der Waals surface area contributed by atoms with Crippen molar-refractivity contribution >= 4 is 13.0 Å². The fourth-order valence-electron chi connectivity index (χ4n) is 2.14. The van der Waals surface area contributed by atoms with Crippen LogP contribution >= 0.6 is 0 Å². The zero-order valence-corrected chi connectivity index (χ0v) is 11.3. The van der Waals surface area contributed by atoms with Crippen molar-refractivity contribution in [2.24, 2.45) is 11.8 Å². The van der Waals surface area contributed by atoms with Gasteiger partial charge in [0.15, 0.2) is 0 Å². The van der Waals surface area contributed by atoms with Crippen molar-refractivity contribution in [2.75, 3.05) is 0 Å². The summed E-state index contributed by atoms with van der Waals surface area (Å²) in [5, 5.41) is 0. The summed E-state index contributed by atoms with van der Waals surface area (Å²) in [6.45, 7) is 13.2. The van der Waals surface area contributed by atoms with E-state index in [0.29, 0.717) is 11.8 Å². The van der Waals surface area contributed by atoms with E-state index in [2.05, 4.69) is 58.3 Å². The molecule has 2 nitrogen and oxygen atoms in total. The Morgan fingerprint density at radius 1 is 1.25 bits per heavy atom. The normalized spacial score (nSPS) is 13.2. The third-order valence-electron chi connectivity index (χ3n) is 2.86. The summed E-state index contributed by atoms with van der Waals surface area (Å²) in [5.41, 5.74) is 3.98. The molecule has 0 unspecified atom stereocenters. The molecule has 0 atom stereocenters. The summed E-state index contributed by atoms with van der Waals surface area (Å²) in [5.74, 6) is 1.05. The monoisotopic (exact) mass is 217 g/mol. The van der Waals surface area contributed by atoms with Crippen molar-refractivity contribution in [1.82, 2.24) is 9.55 Å². The molecule has 16 heavy (non-hydrogen) atoms. The second-order valence-electron chi connectivity index (χ2n) is 4.84. The number of rotatable bonds is 4. The molecule has 0 saturated carbocycles. The summed E-state index contributed by atoms with van der Waals surface area (Å²) in [4.78, 5) is 4.22. The molecule has 0 aromatic carbocycles. The molecule has 3 heteroatoms. The highest BCUT2D eigenvalue weighted by atomic mass is 15.1. The predicted octanol–water partition coefficient (Wildman–Crippen LogP) is 3.42. The van der Waals surface area contributed by atoms with Crippen LogP contribution in [-0.4, -0.2) is 16.8 Å². The summed E-state index contributed by atoms with van der Waals surface area (Å²) in [6.07, 6.45) is 3.83. The van der Waals surface area contributed by atoms with Gasteiger partial charge in [0.1, 0.15) is 7.28 Å². The third kappa shape index (κ3) is 2.57. The molecule has 0 saturated heterocycles. The van der Waals surface area contributed by atoms with E-state index < -0.39 is 0 Å². The van der Waals surface area contributed by atoms with Crippen LogP contribution in [0.15, 0.2) is 18.0 Å². The average Bonchev–Trinajstić information content (AvgIpc) is 2.59. The van der Waals surface area contributed by atoms with Crippen molar-refractivity contribution in [3.05, 3.63) is 23.7 Å². The zero-order chi connectivity index (χ0) is 12.3. The molecule has 1 aromatic rings. The second kappa shape index (κ2) is 5.38. The fraction of sp³-hybridized carbons (Fsp3) is 0.615. The molecular formula is C13H22BN2. The molecular weight excluding hydrogens is 195 g/mol. The van der Waals surface area contributed by atoms with Crippen LogP contribution in [0.3, 0.4) is 0 Å². The van der Waals surface area contributed by atoms with Crippen molar-refractivity contribution in [2.45, 2.75) is 41.4 Å². The number of aryl methyl sites for hydroxylation is 1. The van der Waals surface area contributed by atoms with Crippen molar-refractivity contribution in [3.63, 3.8) is 0 Å². The van der Waals surface area contributed by atoms with Crippen LogP contribution in [-0.2, 0) is 0 Å². The van der Waals surface area contributed by atoms with Crippen LogP contribution in [0.4, 0.5) is 0 Å². The van der Waals surface area contributed by atoms with Gasteiger partial charge in [0, 0.05) is 17.6 Å². The molecule has 87 valence electrons. The molecule has 1 heterocycles. The molecule has 0 fully saturated rings. The Kier molecular flexibility index (Phi) is 4.39. The lowest BCUT2D eigenvalue weighted by Gasteiger charge is -2.22. The number of aromatic nitrogens is 2. The first-order valence-electron chi connectivity index (χ1n) is 6.01. The van der Waals surface area contributed by atoms with Gasteiger partial charge in [0.25, 0.3) is 0 Å². The third-order valence-corrected chi connectivity index (χ3v) is 2.86. The van der Waals surface area contributed by atoms with Crippen LogP contribution in [0.5, 0.6) is 0 Å². The first kappa shape index (κ1) is 13.1. The Morgan fingerprint density at radius 3 is 2.19 bits per heavy atom. The van der Waals surface area contributed by atoms with Crippen LogP contribution in [0.25, 0.3) is 5.70 Å². The Bertz CT molecular complexity index is 375. The van der Waals surface area contributed by atoms with Crippen molar-refractivity contribution < 1.29 is 0 Å². The first-order valence-corrected chi connectivity index (χ1v) is 6.01. The minimum absolute atomic E-state index is 0.501. The minimum Gasteiger partial charge on any atom is -0.308 e. The van der Waals surface area contributed by atoms with Gasteiger partial charge in [0.05, 0.1) is 6.33 Å². The number of hydrogen-bond acceptors (Lipinski definition) is 1. The van der Waals surface area contributed by atoms with Gasteiger partial charge in [-0.3, -0.25) is 0 Å². The van der Waals surface area contributed by atoms with Gasteiger partial charge >= 0.3 is 0 Å². The van der Waals surface area contributed by atoms with Gasteiger partial charge in [0.2, 0.25) is 0 Å². The Balaban J connectivity index is 3.33. The van der Waals surface area contributed by atoms with E-state index in [1.54, 1.807) is 0 Å². The molecule has 0 aliphatic carbocycles. The van der Waals surface area contributed by atoms with E-state index in [1.807, 2.05) is 12.5 Å². The maximum atomic E-state index is 4.22. The predicted molar refractivity (Wildman–Crippen MR) is 71.5 cm³/mol. The molecule has 0 aliphatic rings. The molecule has 1 aromatic heterocycles. The van der Waals surface area contributed by atoms with E-state index in [4.69, 9.17) is 0 Å². The van der Waals surface area contributed by atoms with Crippen LogP contribution < -0.4 is 0 Å². The van der Waals surface area contributed by atoms with Crippen LogP contribution in [0, 0.1) is 18.8 Å². The van der Waals surface area contributed by atoms with E-state index in [1.165, 1.54) is 16.9 Å². The summed E-state index contributed by atoms with van der Waals surface area (Å²) in [6, 6.07) is 0. The van der Waals surface area contributed by atoms with Gasteiger partial charge in [-0.25, -0.2) is 4.98 Å². The molecule has 0 N–H and O–H groups in total. The lowest BCUT2D eigenvalue weighted by atomic mass is 9.65. The number of hydrogen-bond donors (Lipinski definition) is 0. The number of nitrogens with zero attached hydrogens (tertiary/aromatic N) is 2. The summed E-state index contributed by atoms with van der Waals surface area (Å²) in [7, 11) is 2.22. The van der Waals surface area contributed by atoms with E-state index in [9.17, 15) is 0 Å². The highest BCUT2D eigenvalue weighted by molar-refractivity contribution is 6.45. The molecule has 0 bridgehead atoms. The quantitative estimate of drug-likeness (QED) is 0.706. The second-order valence-corrected chi connectivity index (χ2v) is 4.84. The maximum Gasteiger partial charge on any atom is 0.145 e. The van der Waals surface area contributed by atoms with E-state index >= 15 is 0 Å². The van der Waals surface area contributed by atoms with E-state index in [0.717, 1.165) is 0 Å². The van der Waals surface area contributed by atoms with Crippen molar-refractivity contribution in [1.29, 1.82) is 0 Å². The number of imidazole rings is 1. The summed E-state index contributed by atoms with van der Waals surface area (Å²) >= 11 is 0. The lowest BCUT2D eigenvalue weighted by molar-refractivity contribution is 0.735. The lowest BCUT2D eigenvalue weighted by Crippen LogP contribution is -2.13. The van der Waals surface area contributed by atoms with Crippen molar-refractivity contribution in [3.8, 4) is 0 Å². The molecule has 1 radical (unpaired) electrons. The zero-order valence-electron chi connectivity index (χ0n) is 11.3. The SMILES string of the molecule is C[B]/C(=C(/C(C)C)n1cncc1C)C(C)C. The van der Waals surface area contributed by atoms with Gasteiger partial charge in [-0.2, -0.15) is 0 Å². The first-order chi connectivity index (χ1) is 7.49. The molecule has 1 rings (SSSR count). The average molecular weight is 217 g/mol. The highest BCUT2D eigenvalue weighted by Gasteiger charge is 2.15. The van der Waals surface area contributed by atoms with Gasteiger partial charge < -0.3 is 4.57 Å². The maximum absolute atomic E-state index is 4.22. The molecule has 0 amide bonds. The summed E-state index contributed by atoms with van der Waals surface area (Å²) < 4.78 is 2.21. The molecule has 0 aliphatic heterocycles. The fourth-order valence-corrected chi connectivity index (χ4v) is 2.14. The largest absolute Gasteiger partial charge is 0.308 e. The smallest absolute Gasteiger partial charge is 0.145 e. The van der Waals surface area contributed by atoms with E-state index in [-0.39, 0.29) is 0 Å². The van der Waals surface area contributed by atoms with Gasteiger partial charge in [-0.1, -0.05) is 40.0 Å². The molecule has 0 spiro atoms. The van der Waals surface area contributed by atoms with Gasteiger partial charge in [-0.15, -0.1) is 0 Å². The number of allylic oxidation sites excluding steroid dienone is 2. The van der Waals surface area contributed by atoms with Gasteiger partial charge in [-0.05, 0) is 18.8 Å². The Morgan fingerprint density at radius 2 is 1.88 bits per heavy atom. The Hall–Kier alpha value is -0.985. The van der Waals surface area contributed by atoms with Crippen LogP contribution in [0.2, 0.25) is 6.82 Å². The van der Waals surface area contributed by atoms with Crippen LogP contribution in [0.1, 0.15) is 33.4 Å². The topological polar surface area (TPSA) is 17.8 Å².